The van der Waals surface area contributed by atoms with Crippen LogP contribution in [0.4, 0.5) is 13.2 Å². The number of halogens is 4. The minimum atomic E-state index is -4.45. The fourth-order valence-electron chi connectivity index (χ4n) is 2.16. The largest absolute Gasteiger partial charge is 0.485 e. The molecule has 0 fully saturated rings. The molecule has 0 N–H and O–H groups in total. The normalized spacial score (nSPS) is 13.3. The van der Waals surface area contributed by atoms with Crippen LogP contribution in [0, 0.1) is 0 Å². The molecule has 0 amide bonds. The SMILES string of the molecule is CC(=NN(C)C)C(C)Oc1ccc(Oc2ccc(C(F)(F)F)cc2Cl)cc1. The van der Waals surface area contributed by atoms with Crippen LogP contribution in [0.2, 0.25) is 5.02 Å². The van der Waals surface area contributed by atoms with Crippen LogP contribution in [0.1, 0.15) is 19.4 Å². The van der Waals surface area contributed by atoms with Crippen LogP contribution in [0.3, 0.4) is 0 Å². The summed E-state index contributed by atoms with van der Waals surface area (Å²) in [7, 11) is 3.66. The van der Waals surface area contributed by atoms with E-state index in [1.165, 1.54) is 6.07 Å². The lowest BCUT2D eigenvalue weighted by atomic mass is 10.2. The van der Waals surface area contributed by atoms with Crippen LogP contribution in [0.15, 0.2) is 47.6 Å². The number of nitrogens with zero attached hydrogens (tertiary/aromatic N) is 2. The summed E-state index contributed by atoms with van der Waals surface area (Å²) in [6.45, 7) is 3.75. The van der Waals surface area contributed by atoms with Crippen molar-refractivity contribution >= 4 is 17.3 Å². The monoisotopic (exact) mass is 400 g/mol. The maximum Gasteiger partial charge on any atom is 0.416 e. The van der Waals surface area contributed by atoms with Crippen molar-refractivity contribution in [3.8, 4) is 17.2 Å². The summed E-state index contributed by atoms with van der Waals surface area (Å²) in [5.41, 5.74) is -0.00999. The smallest absolute Gasteiger partial charge is 0.416 e. The molecular formula is C19H20ClF3N2O2. The Morgan fingerprint density at radius 3 is 2.19 bits per heavy atom. The number of hydrazone groups is 1. The van der Waals surface area contributed by atoms with Crippen molar-refractivity contribution in [3.63, 3.8) is 0 Å². The van der Waals surface area contributed by atoms with E-state index in [4.69, 9.17) is 21.1 Å². The Kier molecular flexibility index (Phi) is 6.59. The zero-order chi connectivity index (χ0) is 20.2. The van der Waals surface area contributed by atoms with Crippen molar-refractivity contribution < 1.29 is 22.6 Å². The van der Waals surface area contributed by atoms with Crippen molar-refractivity contribution in [2.75, 3.05) is 14.1 Å². The summed E-state index contributed by atoms with van der Waals surface area (Å²) in [5, 5.41) is 5.86. The van der Waals surface area contributed by atoms with Gasteiger partial charge in [0.15, 0.2) is 0 Å². The number of hydrogen-bond donors (Lipinski definition) is 0. The van der Waals surface area contributed by atoms with Crippen LogP contribution < -0.4 is 9.47 Å². The summed E-state index contributed by atoms with van der Waals surface area (Å²) >= 11 is 5.89. The van der Waals surface area contributed by atoms with Crippen LogP contribution >= 0.6 is 11.6 Å². The molecule has 0 radical (unpaired) electrons. The zero-order valence-electron chi connectivity index (χ0n) is 15.3. The average Bonchev–Trinajstić information content (AvgIpc) is 2.56. The van der Waals surface area contributed by atoms with Crippen molar-refractivity contribution in [1.82, 2.24) is 5.01 Å². The molecule has 1 unspecified atom stereocenters. The van der Waals surface area contributed by atoms with Gasteiger partial charge in [-0.2, -0.15) is 18.3 Å². The molecule has 0 saturated heterocycles. The van der Waals surface area contributed by atoms with E-state index in [2.05, 4.69) is 5.10 Å². The highest BCUT2D eigenvalue weighted by molar-refractivity contribution is 6.32. The van der Waals surface area contributed by atoms with Crippen molar-refractivity contribution in [2.24, 2.45) is 5.10 Å². The molecule has 1 atom stereocenters. The fourth-order valence-corrected chi connectivity index (χ4v) is 2.38. The van der Waals surface area contributed by atoms with Gasteiger partial charge in [-0.3, -0.25) is 0 Å². The van der Waals surface area contributed by atoms with Gasteiger partial charge in [0.05, 0.1) is 16.3 Å². The summed E-state index contributed by atoms with van der Waals surface area (Å²) < 4.78 is 49.4. The standard InChI is InChI=1S/C19H20ClF3N2O2/c1-12(24-25(3)4)13(2)26-15-6-8-16(9-7-15)27-18-10-5-14(11-17(18)20)19(21,22)23/h5-11,13H,1-4H3. The van der Waals surface area contributed by atoms with E-state index in [1.807, 2.05) is 27.9 Å². The van der Waals surface area contributed by atoms with Gasteiger partial charge in [-0.05, 0) is 56.3 Å². The molecule has 0 aliphatic carbocycles. The number of benzene rings is 2. The zero-order valence-corrected chi connectivity index (χ0v) is 16.1. The minimum Gasteiger partial charge on any atom is -0.485 e. The Morgan fingerprint density at radius 2 is 1.67 bits per heavy atom. The predicted molar refractivity (Wildman–Crippen MR) is 99.9 cm³/mol. The summed E-state index contributed by atoms with van der Waals surface area (Å²) in [6.07, 6.45) is -4.67. The van der Waals surface area contributed by atoms with Crippen molar-refractivity contribution in [1.29, 1.82) is 0 Å². The summed E-state index contributed by atoms with van der Waals surface area (Å²) in [6, 6.07) is 9.65. The first kappa shape index (κ1) is 20.9. The molecule has 0 aliphatic rings. The van der Waals surface area contributed by atoms with Gasteiger partial charge < -0.3 is 14.5 Å². The predicted octanol–water partition coefficient (Wildman–Crippen LogP) is 5.86. The molecule has 146 valence electrons. The second-order valence-electron chi connectivity index (χ2n) is 6.07. The van der Waals surface area contributed by atoms with E-state index in [9.17, 15) is 13.2 Å². The first-order chi connectivity index (χ1) is 12.6. The van der Waals surface area contributed by atoms with Gasteiger partial charge in [0.2, 0.25) is 0 Å². The maximum absolute atomic E-state index is 12.7. The van der Waals surface area contributed by atoms with Gasteiger partial charge in [-0.25, -0.2) is 0 Å². The molecule has 0 aliphatic heterocycles. The highest BCUT2D eigenvalue weighted by Crippen LogP contribution is 2.36. The Bertz CT molecular complexity index is 806. The van der Waals surface area contributed by atoms with Gasteiger partial charge in [-0.15, -0.1) is 0 Å². The third kappa shape index (κ3) is 6.06. The van der Waals surface area contributed by atoms with Crippen molar-refractivity contribution in [2.45, 2.75) is 26.1 Å². The molecule has 0 bridgehead atoms. The van der Waals surface area contributed by atoms with Crippen LogP contribution in [0.25, 0.3) is 0 Å². The number of ether oxygens (including phenoxy) is 2. The Balaban J connectivity index is 2.06. The molecule has 0 heterocycles. The summed E-state index contributed by atoms with van der Waals surface area (Å²) in [4.78, 5) is 0. The van der Waals surface area contributed by atoms with E-state index >= 15 is 0 Å². The molecule has 0 saturated carbocycles. The maximum atomic E-state index is 12.7. The van der Waals surface area contributed by atoms with E-state index in [-0.39, 0.29) is 16.9 Å². The second kappa shape index (κ2) is 8.52. The van der Waals surface area contributed by atoms with Gasteiger partial charge in [0.25, 0.3) is 0 Å². The molecule has 4 nitrogen and oxygen atoms in total. The number of rotatable bonds is 6. The lowest BCUT2D eigenvalue weighted by molar-refractivity contribution is -0.137. The first-order valence-electron chi connectivity index (χ1n) is 8.10. The van der Waals surface area contributed by atoms with Gasteiger partial charge in [0, 0.05) is 14.1 Å². The third-order valence-corrected chi connectivity index (χ3v) is 3.87. The van der Waals surface area contributed by atoms with Gasteiger partial charge in [0.1, 0.15) is 23.4 Å². The summed E-state index contributed by atoms with van der Waals surface area (Å²) in [5.74, 6) is 1.18. The topological polar surface area (TPSA) is 34.1 Å². The first-order valence-corrected chi connectivity index (χ1v) is 8.48. The highest BCUT2D eigenvalue weighted by atomic mass is 35.5. The molecule has 2 aromatic carbocycles. The molecule has 2 rings (SSSR count). The van der Waals surface area contributed by atoms with Crippen LogP contribution in [-0.2, 0) is 6.18 Å². The van der Waals surface area contributed by atoms with Crippen molar-refractivity contribution in [3.05, 3.63) is 53.1 Å². The van der Waals surface area contributed by atoms with Gasteiger partial charge >= 0.3 is 6.18 Å². The molecule has 27 heavy (non-hydrogen) atoms. The van der Waals surface area contributed by atoms with E-state index in [1.54, 1.807) is 29.3 Å². The van der Waals surface area contributed by atoms with Crippen LogP contribution in [-0.4, -0.2) is 30.9 Å². The number of hydrogen-bond acceptors (Lipinski definition) is 4. The lowest BCUT2D eigenvalue weighted by Crippen LogP contribution is -2.23. The molecule has 8 heteroatoms. The van der Waals surface area contributed by atoms with E-state index in [0.717, 1.165) is 17.8 Å². The fraction of sp³-hybridized carbons (Fsp3) is 0.316. The second-order valence-corrected chi connectivity index (χ2v) is 6.47. The third-order valence-electron chi connectivity index (χ3n) is 3.57. The quantitative estimate of drug-likeness (QED) is 0.450. The molecule has 0 spiro atoms. The minimum absolute atomic E-state index is 0.116. The average molecular weight is 401 g/mol. The van der Waals surface area contributed by atoms with Crippen LogP contribution in [0.5, 0.6) is 17.2 Å². The Morgan fingerprint density at radius 1 is 1.07 bits per heavy atom. The lowest BCUT2D eigenvalue weighted by Gasteiger charge is -2.16. The van der Waals surface area contributed by atoms with E-state index in [0.29, 0.717) is 11.5 Å². The Hall–Kier alpha value is -2.41. The van der Waals surface area contributed by atoms with Gasteiger partial charge in [-0.1, -0.05) is 11.6 Å². The molecular weight excluding hydrogens is 381 g/mol. The molecule has 0 aromatic heterocycles. The highest BCUT2D eigenvalue weighted by Gasteiger charge is 2.31. The van der Waals surface area contributed by atoms with E-state index < -0.39 is 11.7 Å². The number of alkyl halides is 3. The molecule has 2 aromatic rings. The Labute approximate surface area is 161 Å².